The summed E-state index contributed by atoms with van der Waals surface area (Å²) in [6, 6.07) is 14.1. The van der Waals surface area contributed by atoms with E-state index >= 15 is 0 Å². The summed E-state index contributed by atoms with van der Waals surface area (Å²) < 4.78 is 11.1. The van der Waals surface area contributed by atoms with Crippen LogP contribution in [0.4, 0.5) is 5.13 Å². The van der Waals surface area contributed by atoms with Crippen molar-refractivity contribution in [3.8, 4) is 17.0 Å². The molecule has 0 radical (unpaired) electrons. The number of methoxy groups -OCH3 is 1. The van der Waals surface area contributed by atoms with E-state index in [0.717, 1.165) is 81.8 Å². The Morgan fingerprint density at radius 2 is 1.70 bits per heavy atom. The average Bonchev–Trinajstić information content (AvgIpc) is 3.52. The van der Waals surface area contributed by atoms with Crippen LogP contribution in [0, 0.1) is 0 Å². The van der Waals surface area contributed by atoms with Crippen molar-refractivity contribution in [3.05, 3.63) is 64.5 Å². The fourth-order valence-electron chi connectivity index (χ4n) is 5.88. The number of piperidine rings is 1. The van der Waals surface area contributed by atoms with Crippen molar-refractivity contribution in [3.63, 3.8) is 0 Å². The van der Waals surface area contributed by atoms with Gasteiger partial charge in [0.15, 0.2) is 5.13 Å². The topological polar surface area (TPSA) is 92.8 Å². The summed E-state index contributed by atoms with van der Waals surface area (Å²) in [7, 11) is 1.66. The number of likely N-dealkylation sites (tertiary alicyclic amines) is 1. The van der Waals surface area contributed by atoms with Crippen molar-refractivity contribution < 1.29 is 19.1 Å². The van der Waals surface area contributed by atoms with Gasteiger partial charge in [-0.2, -0.15) is 0 Å². The molecule has 0 spiro atoms. The Bertz CT molecular complexity index is 1340. The van der Waals surface area contributed by atoms with E-state index in [1.165, 1.54) is 36.2 Å². The summed E-state index contributed by atoms with van der Waals surface area (Å²) in [6.07, 6.45) is 9.92. The number of nitrogens with one attached hydrogen (secondary N) is 2. The lowest BCUT2D eigenvalue weighted by Gasteiger charge is -2.35. The molecule has 43 heavy (non-hydrogen) atoms. The summed E-state index contributed by atoms with van der Waals surface area (Å²) in [5.41, 5.74) is 4.06. The lowest BCUT2D eigenvalue weighted by Crippen LogP contribution is -2.48. The molecule has 9 heteroatoms. The first-order valence-corrected chi connectivity index (χ1v) is 16.6. The maximum Gasteiger partial charge on any atom is 0.257 e. The molecular weight excluding hydrogens is 560 g/mol. The number of unbranched alkanes of at least 4 members (excludes halogenated alkanes) is 3. The van der Waals surface area contributed by atoms with Crippen molar-refractivity contribution in [2.24, 2.45) is 0 Å². The minimum atomic E-state index is -0.253. The highest BCUT2D eigenvalue weighted by Crippen LogP contribution is 2.33. The van der Waals surface area contributed by atoms with Crippen LogP contribution in [0.2, 0.25) is 0 Å². The molecule has 2 aliphatic heterocycles. The summed E-state index contributed by atoms with van der Waals surface area (Å²) >= 11 is 1.38. The van der Waals surface area contributed by atoms with Crippen LogP contribution in [0.3, 0.4) is 0 Å². The van der Waals surface area contributed by atoms with Crippen LogP contribution in [0.15, 0.2) is 47.8 Å². The maximum absolute atomic E-state index is 13.1. The highest BCUT2D eigenvalue weighted by atomic mass is 32.1. The fraction of sp³-hybridized carbons (Fsp3) is 0.500. The van der Waals surface area contributed by atoms with Gasteiger partial charge < -0.3 is 19.7 Å². The van der Waals surface area contributed by atoms with Gasteiger partial charge in [0.2, 0.25) is 0 Å². The molecule has 2 saturated heterocycles. The summed E-state index contributed by atoms with van der Waals surface area (Å²) in [5, 5.41) is 9.13. The zero-order valence-corrected chi connectivity index (χ0v) is 26.2. The maximum atomic E-state index is 13.1. The third-order valence-electron chi connectivity index (χ3n) is 8.45. The van der Waals surface area contributed by atoms with Gasteiger partial charge in [0.05, 0.1) is 12.8 Å². The van der Waals surface area contributed by atoms with Gasteiger partial charge in [0.25, 0.3) is 11.8 Å². The van der Waals surface area contributed by atoms with E-state index in [1.54, 1.807) is 31.4 Å². The highest BCUT2D eigenvalue weighted by molar-refractivity contribution is 7.14. The van der Waals surface area contributed by atoms with Crippen LogP contribution < -0.4 is 15.4 Å². The average molecular weight is 605 g/mol. The Morgan fingerprint density at radius 3 is 2.42 bits per heavy atom. The van der Waals surface area contributed by atoms with Crippen molar-refractivity contribution in [1.29, 1.82) is 0 Å². The van der Waals surface area contributed by atoms with E-state index in [-0.39, 0.29) is 11.8 Å². The molecule has 0 unspecified atom stereocenters. The Kier molecular flexibility index (Phi) is 11.2. The predicted molar refractivity (Wildman–Crippen MR) is 172 cm³/mol. The van der Waals surface area contributed by atoms with Gasteiger partial charge >= 0.3 is 0 Å². The van der Waals surface area contributed by atoms with Crippen molar-refractivity contribution in [2.45, 2.75) is 76.8 Å². The largest absolute Gasteiger partial charge is 0.496 e. The van der Waals surface area contributed by atoms with Gasteiger partial charge in [-0.05, 0) is 80.5 Å². The second kappa shape index (κ2) is 15.5. The van der Waals surface area contributed by atoms with E-state index < -0.39 is 0 Å². The fourth-order valence-corrected chi connectivity index (χ4v) is 6.59. The number of ether oxygens (including phenoxy) is 2. The van der Waals surface area contributed by atoms with E-state index in [1.807, 2.05) is 16.3 Å². The Hall–Kier alpha value is -3.27. The molecule has 0 saturated carbocycles. The zero-order valence-electron chi connectivity index (χ0n) is 25.4. The number of carbonyl (C=O) groups is 2. The van der Waals surface area contributed by atoms with Gasteiger partial charge in [-0.15, -0.1) is 11.3 Å². The molecule has 5 rings (SSSR count). The molecule has 2 aliphatic rings. The van der Waals surface area contributed by atoms with E-state index in [2.05, 4.69) is 34.7 Å². The van der Waals surface area contributed by atoms with Crippen LogP contribution in [-0.2, 0) is 11.2 Å². The number of anilines is 1. The number of thiazole rings is 1. The third kappa shape index (κ3) is 8.43. The normalized spacial score (nSPS) is 16.3. The van der Waals surface area contributed by atoms with Gasteiger partial charge in [-0.25, -0.2) is 4.98 Å². The number of benzene rings is 2. The van der Waals surface area contributed by atoms with Crippen LogP contribution in [-0.4, -0.2) is 67.2 Å². The van der Waals surface area contributed by atoms with Gasteiger partial charge in [0.1, 0.15) is 5.75 Å². The van der Waals surface area contributed by atoms with E-state index in [4.69, 9.17) is 9.47 Å². The summed E-state index contributed by atoms with van der Waals surface area (Å²) in [5.74, 6) is 0.527. The molecule has 3 heterocycles. The monoisotopic (exact) mass is 604 g/mol. The van der Waals surface area contributed by atoms with Gasteiger partial charge in [-0.3, -0.25) is 14.9 Å². The first-order chi connectivity index (χ1) is 21.0. The molecular formula is C34H44N4O4S. The predicted octanol–water partition coefficient (Wildman–Crippen LogP) is 6.57. The van der Waals surface area contributed by atoms with Crippen molar-refractivity contribution in [2.75, 3.05) is 38.7 Å². The number of aromatic nitrogens is 1. The second-order valence-electron chi connectivity index (χ2n) is 11.5. The molecule has 0 aliphatic carbocycles. The van der Waals surface area contributed by atoms with E-state index in [9.17, 15) is 9.59 Å². The Morgan fingerprint density at radius 1 is 0.977 bits per heavy atom. The molecule has 1 aromatic heterocycles. The number of aryl methyl sites for hydroxylation is 1. The molecule has 8 nitrogen and oxygen atoms in total. The molecule has 3 aromatic rings. The number of rotatable bonds is 12. The van der Waals surface area contributed by atoms with Crippen molar-refractivity contribution >= 4 is 28.3 Å². The minimum Gasteiger partial charge on any atom is -0.496 e. The van der Waals surface area contributed by atoms with Crippen LogP contribution in [0.25, 0.3) is 11.3 Å². The highest BCUT2D eigenvalue weighted by Gasteiger charge is 2.26. The van der Waals surface area contributed by atoms with E-state index in [0.29, 0.717) is 28.3 Å². The molecule has 230 valence electrons. The summed E-state index contributed by atoms with van der Waals surface area (Å²) in [6.45, 7) is 5.35. The molecule has 2 aromatic carbocycles. The number of hydrogen-bond donors (Lipinski definition) is 2. The first-order valence-electron chi connectivity index (χ1n) is 15.7. The van der Waals surface area contributed by atoms with Crippen LogP contribution in [0.1, 0.15) is 84.6 Å². The quantitative estimate of drug-likeness (QED) is 0.227. The number of amides is 2. The first kappa shape index (κ1) is 31.2. The van der Waals surface area contributed by atoms with Gasteiger partial charge in [-0.1, -0.05) is 32.3 Å². The molecule has 0 bridgehead atoms. The second-order valence-corrected chi connectivity index (χ2v) is 12.4. The summed E-state index contributed by atoms with van der Waals surface area (Å²) in [4.78, 5) is 32.8. The number of nitrogens with zero attached hydrogens (tertiary/aromatic N) is 2. The van der Waals surface area contributed by atoms with Crippen LogP contribution >= 0.6 is 11.3 Å². The number of hydrogen-bond acceptors (Lipinski definition) is 7. The molecule has 0 atom stereocenters. The molecule has 2 amide bonds. The lowest BCUT2D eigenvalue weighted by atomic mass is 10.0. The number of carbonyl (C=O) groups excluding carboxylic acids is 2. The lowest BCUT2D eigenvalue weighted by molar-refractivity contribution is 0.0631. The molecule has 2 N–H and O–H groups in total. The smallest absolute Gasteiger partial charge is 0.257 e. The van der Waals surface area contributed by atoms with Gasteiger partial charge in [0, 0.05) is 60.5 Å². The minimum absolute atomic E-state index is 0.0163. The zero-order chi connectivity index (χ0) is 30.0. The SMILES string of the molecule is CCCCCCc1ccc(OC)c(-c2csc(NC(=O)c3ccc(C(=O)N4CCC(NC5CCOCC5)CC4)cc3)n2)c1. The molecule has 2 fully saturated rings. The Labute approximate surface area is 259 Å². The van der Waals surface area contributed by atoms with Crippen molar-refractivity contribution in [1.82, 2.24) is 15.2 Å². The van der Waals surface area contributed by atoms with Crippen LogP contribution in [0.5, 0.6) is 5.75 Å². The third-order valence-corrected chi connectivity index (χ3v) is 9.21. The Balaban J connectivity index is 1.14. The standard InChI is InChI=1S/C34H44N4O4S/c1-3-4-5-6-7-24-8-13-31(41-2)29(22-24)30-23-43-34(36-30)37-32(39)25-9-11-26(12-10-25)33(40)38-18-14-27(15-19-38)35-28-16-20-42-21-17-28/h8-13,22-23,27-28,35H,3-7,14-21H2,1-2H3,(H,36,37,39).